The van der Waals surface area contributed by atoms with Crippen LogP contribution in [0.3, 0.4) is 0 Å². The van der Waals surface area contributed by atoms with Gasteiger partial charge in [-0.05, 0) is 13.8 Å². The molecule has 1 aliphatic heterocycles. The van der Waals surface area contributed by atoms with E-state index in [2.05, 4.69) is 15.8 Å². The molecule has 1 aliphatic rings. The monoisotopic (exact) mass is 277 g/mol. The van der Waals surface area contributed by atoms with Crippen LogP contribution in [-0.4, -0.2) is 29.8 Å². The number of hydrogen-bond donors (Lipinski definition) is 2. The maximum Gasteiger partial charge on any atom is 0.237 e. The van der Waals surface area contributed by atoms with Crippen molar-refractivity contribution in [2.45, 2.75) is 39.0 Å². The van der Waals surface area contributed by atoms with Crippen molar-refractivity contribution in [3.8, 4) is 0 Å². The van der Waals surface area contributed by atoms with E-state index in [0.29, 0.717) is 12.3 Å². The summed E-state index contributed by atoms with van der Waals surface area (Å²) in [5, 5.41) is 9.40. The van der Waals surface area contributed by atoms with Gasteiger partial charge in [0.25, 0.3) is 0 Å². The van der Waals surface area contributed by atoms with Gasteiger partial charge in [-0.3, -0.25) is 4.79 Å². The molecule has 2 rings (SSSR count). The van der Waals surface area contributed by atoms with E-state index in [0.717, 1.165) is 11.3 Å². The Morgan fingerprint density at radius 2 is 2.33 bits per heavy atom. The fourth-order valence-electron chi connectivity index (χ4n) is 1.95. The van der Waals surface area contributed by atoms with Gasteiger partial charge >= 0.3 is 0 Å². The van der Waals surface area contributed by atoms with Crippen molar-refractivity contribution in [2.24, 2.45) is 0 Å². The zero-order chi connectivity index (χ0) is 12.4. The van der Waals surface area contributed by atoms with Crippen molar-refractivity contribution in [2.75, 3.05) is 6.54 Å². The number of nitrogens with one attached hydrogen (secondary N) is 2. The molecule has 0 spiro atoms. The molecule has 7 heteroatoms. The van der Waals surface area contributed by atoms with E-state index in [9.17, 15) is 9.18 Å². The largest absolute Gasteiger partial charge is 0.361 e. The fourth-order valence-corrected chi connectivity index (χ4v) is 1.95. The Kier molecular flexibility index (Phi) is 5.10. The lowest BCUT2D eigenvalue weighted by Crippen LogP contribution is -2.40. The molecule has 5 nitrogen and oxygen atoms in total. The van der Waals surface area contributed by atoms with Crippen molar-refractivity contribution in [1.29, 1.82) is 0 Å². The van der Waals surface area contributed by atoms with E-state index in [1.54, 1.807) is 6.92 Å². The van der Waals surface area contributed by atoms with Gasteiger partial charge in [-0.25, -0.2) is 4.39 Å². The van der Waals surface area contributed by atoms with Gasteiger partial charge in [-0.2, -0.15) is 0 Å². The van der Waals surface area contributed by atoms with Gasteiger partial charge in [0.05, 0.1) is 11.7 Å². The summed E-state index contributed by atoms with van der Waals surface area (Å²) in [6.07, 6.45) is -0.683. The molecule has 1 fully saturated rings. The van der Waals surface area contributed by atoms with Crippen molar-refractivity contribution in [3.63, 3.8) is 0 Å². The van der Waals surface area contributed by atoms with Crippen molar-refractivity contribution < 1.29 is 13.7 Å². The summed E-state index contributed by atoms with van der Waals surface area (Å²) in [6.45, 7) is 4.24. The van der Waals surface area contributed by atoms with E-state index in [1.165, 1.54) is 0 Å². The highest BCUT2D eigenvalue weighted by Gasteiger charge is 2.29. The molecule has 1 amide bonds. The summed E-state index contributed by atoms with van der Waals surface area (Å²) in [7, 11) is 0. The van der Waals surface area contributed by atoms with Crippen molar-refractivity contribution in [3.05, 3.63) is 17.0 Å². The highest BCUT2D eigenvalue weighted by Crippen LogP contribution is 2.13. The molecule has 0 saturated carbocycles. The summed E-state index contributed by atoms with van der Waals surface area (Å²) >= 11 is 0. The van der Waals surface area contributed by atoms with Crippen molar-refractivity contribution in [1.82, 2.24) is 15.8 Å². The Morgan fingerprint density at radius 1 is 1.61 bits per heavy atom. The molecule has 1 aromatic rings. The molecule has 0 aromatic carbocycles. The van der Waals surface area contributed by atoms with E-state index < -0.39 is 12.2 Å². The second-order valence-electron chi connectivity index (χ2n) is 4.31. The van der Waals surface area contributed by atoms with Crippen LogP contribution in [0.15, 0.2) is 4.52 Å². The van der Waals surface area contributed by atoms with E-state index in [4.69, 9.17) is 4.52 Å². The predicted molar refractivity (Wildman–Crippen MR) is 66.4 cm³/mol. The Bertz CT molecular complexity index is 405. The van der Waals surface area contributed by atoms with Gasteiger partial charge < -0.3 is 15.2 Å². The van der Waals surface area contributed by atoms with Crippen LogP contribution < -0.4 is 10.6 Å². The van der Waals surface area contributed by atoms with E-state index in [1.807, 2.05) is 6.92 Å². The van der Waals surface area contributed by atoms with Gasteiger partial charge in [0.1, 0.15) is 11.9 Å². The number of halogens is 2. The van der Waals surface area contributed by atoms with E-state index in [-0.39, 0.29) is 31.3 Å². The van der Waals surface area contributed by atoms with Crippen LogP contribution >= 0.6 is 12.4 Å². The van der Waals surface area contributed by atoms with Crippen LogP contribution in [0.1, 0.15) is 23.4 Å². The Morgan fingerprint density at radius 3 is 2.83 bits per heavy atom. The van der Waals surface area contributed by atoms with Crippen LogP contribution in [0, 0.1) is 13.8 Å². The molecule has 0 radical (unpaired) electrons. The summed E-state index contributed by atoms with van der Waals surface area (Å²) in [6, 6.07) is -0.425. The number of hydrogen-bond acceptors (Lipinski definition) is 4. The van der Waals surface area contributed by atoms with Crippen LogP contribution in [0.25, 0.3) is 0 Å². The van der Waals surface area contributed by atoms with Gasteiger partial charge in [-0.15, -0.1) is 12.4 Å². The van der Waals surface area contributed by atoms with Gasteiger partial charge in [-0.1, -0.05) is 5.16 Å². The molecule has 18 heavy (non-hydrogen) atoms. The summed E-state index contributed by atoms with van der Waals surface area (Å²) in [5.74, 6) is 0.524. The second kappa shape index (κ2) is 6.15. The lowest BCUT2D eigenvalue weighted by Gasteiger charge is -2.10. The third kappa shape index (κ3) is 3.20. The predicted octanol–water partition coefficient (Wildman–Crippen LogP) is 1.03. The zero-order valence-electron chi connectivity index (χ0n) is 10.3. The fraction of sp³-hybridized carbons (Fsp3) is 0.636. The number of rotatable bonds is 3. The molecule has 2 heterocycles. The lowest BCUT2D eigenvalue weighted by atomic mass is 10.1. The molecule has 0 unspecified atom stereocenters. The molecular formula is C11H17ClFN3O2. The average Bonchev–Trinajstić information content (AvgIpc) is 2.84. The second-order valence-corrected chi connectivity index (χ2v) is 4.31. The molecular weight excluding hydrogens is 261 g/mol. The first-order valence-electron chi connectivity index (χ1n) is 5.65. The maximum atomic E-state index is 12.9. The summed E-state index contributed by atoms with van der Waals surface area (Å²) in [4.78, 5) is 11.7. The van der Waals surface area contributed by atoms with E-state index >= 15 is 0 Å². The first kappa shape index (κ1) is 14.9. The third-order valence-corrected chi connectivity index (χ3v) is 3.01. The van der Waals surface area contributed by atoms with Gasteiger partial charge in [0.2, 0.25) is 5.91 Å². The molecule has 1 saturated heterocycles. The number of aryl methyl sites for hydroxylation is 2. The molecule has 2 atom stereocenters. The SMILES string of the molecule is Cc1noc(C)c1CNC(=O)[C@H]1C[C@H](F)CN1.Cl. The average molecular weight is 278 g/mol. The highest BCUT2D eigenvalue weighted by molar-refractivity contribution is 5.85. The maximum absolute atomic E-state index is 12.9. The Labute approximate surface area is 111 Å². The molecule has 2 N–H and O–H groups in total. The van der Waals surface area contributed by atoms with Crippen LogP contribution in [0.5, 0.6) is 0 Å². The Balaban J connectivity index is 0.00000162. The minimum absolute atomic E-state index is 0. The topological polar surface area (TPSA) is 67.2 Å². The zero-order valence-corrected chi connectivity index (χ0v) is 11.1. The van der Waals surface area contributed by atoms with Gasteiger partial charge in [0.15, 0.2) is 0 Å². The third-order valence-electron chi connectivity index (χ3n) is 3.01. The minimum Gasteiger partial charge on any atom is -0.361 e. The smallest absolute Gasteiger partial charge is 0.237 e. The van der Waals surface area contributed by atoms with Gasteiger partial charge in [0, 0.05) is 25.1 Å². The highest BCUT2D eigenvalue weighted by atomic mass is 35.5. The molecule has 0 bridgehead atoms. The molecule has 1 aromatic heterocycles. The number of aromatic nitrogens is 1. The molecule has 0 aliphatic carbocycles. The number of nitrogens with zero attached hydrogens (tertiary/aromatic N) is 1. The minimum atomic E-state index is -0.926. The number of amides is 1. The van der Waals surface area contributed by atoms with Crippen molar-refractivity contribution >= 4 is 18.3 Å². The van der Waals surface area contributed by atoms with Crippen LogP contribution in [0.2, 0.25) is 0 Å². The summed E-state index contributed by atoms with van der Waals surface area (Å²) in [5.41, 5.74) is 1.65. The summed E-state index contributed by atoms with van der Waals surface area (Å²) < 4.78 is 17.9. The number of carbonyl (C=O) groups is 1. The van der Waals surface area contributed by atoms with Crippen LogP contribution in [0.4, 0.5) is 4.39 Å². The number of carbonyl (C=O) groups excluding carboxylic acids is 1. The first-order chi connectivity index (χ1) is 8.08. The normalized spacial score (nSPS) is 22.6. The Hall–Kier alpha value is -1.14. The van der Waals surface area contributed by atoms with Crippen LogP contribution in [-0.2, 0) is 11.3 Å². The quantitative estimate of drug-likeness (QED) is 0.866. The lowest BCUT2D eigenvalue weighted by molar-refractivity contribution is -0.123. The first-order valence-corrected chi connectivity index (χ1v) is 5.65. The standard InChI is InChI=1S/C11H16FN3O2.ClH/c1-6-9(7(2)17-15-6)5-14-11(16)10-3-8(12)4-13-10;/h8,10,13H,3-5H2,1-2H3,(H,14,16);1H/t8-,10+;/m0./s1. The number of alkyl halides is 1. The molecule has 102 valence electrons.